The van der Waals surface area contributed by atoms with Crippen LogP contribution in [0.25, 0.3) is 0 Å². The zero-order valence-corrected chi connectivity index (χ0v) is 12.6. The van der Waals surface area contributed by atoms with Gasteiger partial charge in [0.1, 0.15) is 5.82 Å². The fourth-order valence-electron chi connectivity index (χ4n) is 2.38. The number of carbonyl (C=O) groups is 1. The monoisotopic (exact) mass is 319 g/mol. The summed E-state index contributed by atoms with van der Waals surface area (Å²) in [5.74, 6) is -0.103. The first-order valence-corrected chi connectivity index (χ1v) is 7.49. The standard InChI is InChI=1S/C16H18FN3O3/c17-14-4-2-1-3-12(14)10-18-16(21)15-9-13(23-19-15)11-20-5-7-22-8-6-20/h1-4,9H,5-8,10-11H2,(H,18,21). The molecule has 0 aliphatic carbocycles. The third kappa shape index (κ3) is 4.14. The number of ether oxygens (including phenoxy) is 1. The predicted molar refractivity (Wildman–Crippen MR) is 80.2 cm³/mol. The highest BCUT2D eigenvalue weighted by atomic mass is 19.1. The van der Waals surface area contributed by atoms with Gasteiger partial charge in [0.25, 0.3) is 5.91 Å². The Morgan fingerprint density at radius 3 is 2.87 bits per heavy atom. The second kappa shape index (κ2) is 7.34. The van der Waals surface area contributed by atoms with Crippen molar-refractivity contribution >= 4 is 5.91 Å². The highest BCUT2D eigenvalue weighted by Gasteiger charge is 2.16. The molecule has 1 N–H and O–H groups in total. The maximum absolute atomic E-state index is 13.5. The molecule has 1 aromatic heterocycles. The number of benzene rings is 1. The summed E-state index contributed by atoms with van der Waals surface area (Å²) in [5.41, 5.74) is 0.627. The van der Waals surface area contributed by atoms with Gasteiger partial charge in [-0.3, -0.25) is 9.69 Å². The van der Waals surface area contributed by atoms with E-state index in [-0.39, 0.29) is 24.0 Å². The molecule has 6 nitrogen and oxygen atoms in total. The Labute approximate surface area is 133 Å². The van der Waals surface area contributed by atoms with Gasteiger partial charge in [0, 0.05) is 31.3 Å². The minimum Gasteiger partial charge on any atom is -0.379 e. The summed E-state index contributed by atoms with van der Waals surface area (Å²) in [7, 11) is 0. The third-order valence-electron chi connectivity index (χ3n) is 3.67. The minimum atomic E-state index is -0.384. The van der Waals surface area contributed by atoms with Gasteiger partial charge >= 0.3 is 0 Å². The molecule has 122 valence electrons. The molecule has 0 saturated carbocycles. The van der Waals surface area contributed by atoms with Gasteiger partial charge in [0.2, 0.25) is 0 Å². The number of carbonyl (C=O) groups excluding carboxylic acids is 1. The van der Waals surface area contributed by atoms with Gasteiger partial charge in [-0.05, 0) is 6.07 Å². The molecule has 1 fully saturated rings. The Morgan fingerprint density at radius 1 is 1.30 bits per heavy atom. The second-order valence-electron chi connectivity index (χ2n) is 5.34. The lowest BCUT2D eigenvalue weighted by molar-refractivity contribution is 0.0305. The number of halogens is 1. The van der Waals surface area contributed by atoms with Crippen LogP contribution < -0.4 is 5.32 Å². The topological polar surface area (TPSA) is 67.6 Å². The van der Waals surface area contributed by atoms with Gasteiger partial charge in [0.05, 0.1) is 19.8 Å². The summed E-state index contributed by atoms with van der Waals surface area (Å²) >= 11 is 0. The number of hydrogen-bond acceptors (Lipinski definition) is 5. The molecule has 0 bridgehead atoms. The Bertz CT molecular complexity index is 668. The van der Waals surface area contributed by atoms with Crippen molar-refractivity contribution in [2.75, 3.05) is 26.3 Å². The summed E-state index contributed by atoms with van der Waals surface area (Å²) in [5, 5.41) is 6.42. The van der Waals surface area contributed by atoms with Crippen LogP contribution in [0.5, 0.6) is 0 Å². The van der Waals surface area contributed by atoms with Crippen molar-refractivity contribution in [1.29, 1.82) is 0 Å². The molecule has 7 heteroatoms. The van der Waals surface area contributed by atoms with E-state index in [2.05, 4.69) is 15.4 Å². The maximum atomic E-state index is 13.5. The first-order chi connectivity index (χ1) is 11.2. The molecule has 0 spiro atoms. The highest BCUT2D eigenvalue weighted by molar-refractivity contribution is 5.92. The minimum absolute atomic E-state index is 0.108. The molecule has 1 aromatic carbocycles. The highest BCUT2D eigenvalue weighted by Crippen LogP contribution is 2.10. The molecule has 2 aromatic rings. The lowest BCUT2D eigenvalue weighted by atomic mass is 10.2. The molecule has 1 aliphatic rings. The molecule has 1 aliphatic heterocycles. The van der Waals surface area contributed by atoms with Crippen LogP contribution in [0.1, 0.15) is 21.8 Å². The van der Waals surface area contributed by atoms with E-state index in [4.69, 9.17) is 9.26 Å². The van der Waals surface area contributed by atoms with Crippen molar-refractivity contribution in [3.05, 3.63) is 53.2 Å². The average molecular weight is 319 g/mol. The number of aromatic nitrogens is 1. The van der Waals surface area contributed by atoms with Crippen LogP contribution in [-0.4, -0.2) is 42.3 Å². The lowest BCUT2D eigenvalue weighted by Crippen LogP contribution is -2.35. The Morgan fingerprint density at radius 2 is 2.09 bits per heavy atom. The average Bonchev–Trinajstić information content (AvgIpc) is 3.03. The van der Waals surface area contributed by atoms with Crippen LogP contribution in [0.3, 0.4) is 0 Å². The summed E-state index contributed by atoms with van der Waals surface area (Å²) in [6.45, 7) is 3.76. The van der Waals surface area contributed by atoms with E-state index in [0.29, 0.717) is 31.1 Å². The summed E-state index contributed by atoms with van der Waals surface area (Å²) in [4.78, 5) is 14.2. The van der Waals surface area contributed by atoms with Gasteiger partial charge in [-0.15, -0.1) is 0 Å². The van der Waals surface area contributed by atoms with E-state index in [0.717, 1.165) is 13.1 Å². The maximum Gasteiger partial charge on any atom is 0.273 e. The molecule has 1 saturated heterocycles. The molecule has 0 radical (unpaired) electrons. The zero-order chi connectivity index (χ0) is 16.1. The van der Waals surface area contributed by atoms with Crippen LogP contribution in [0.4, 0.5) is 4.39 Å². The summed E-state index contributed by atoms with van der Waals surface area (Å²) < 4.78 is 24.0. The number of nitrogens with zero attached hydrogens (tertiary/aromatic N) is 2. The lowest BCUT2D eigenvalue weighted by Gasteiger charge is -2.25. The predicted octanol–water partition coefficient (Wildman–Crippen LogP) is 1.58. The van der Waals surface area contributed by atoms with Crippen LogP contribution in [0.15, 0.2) is 34.9 Å². The van der Waals surface area contributed by atoms with Crippen LogP contribution in [0, 0.1) is 5.82 Å². The van der Waals surface area contributed by atoms with Crippen molar-refractivity contribution in [1.82, 2.24) is 15.4 Å². The molecular weight excluding hydrogens is 301 g/mol. The molecule has 23 heavy (non-hydrogen) atoms. The smallest absolute Gasteiger partial charge is 0.273 e. The number of rotatable bonds is 5. The molecule has 0 atom stereocenters. The van der Waals surface area contributed by atoms with Gasteiger partial charge in [-0.2, -0.15) is 0 Å². The van der Waals surface area contributed by atoms with Crippen molar-refractivity contribution in [2.24, 2.45) is 0 Å². The quantitative estimate of drug-likeness (QED) is 0.906. The SMILES string of the molecule is O=C(NCc1ccccc1F)c1cc(CN2CCOCC2)on1. The van der Waals surface area contributed by atoms with E-state index >= 15 is 0 Å². The van der Waals surface area contributed by atoms with Gasteiger partial charge in [-0.25, -0.2) is 4.39 Å². The summed E-state index contributed by atoms with van der Waals surface area (Å²) in [6.07, 6.45) is 0. The number of hydrogen-bond donors (Lipinski definition) is 1. The fraction of sp³-hybridized carbons (Fsp3) is 0.375. The van der Waals surface area contributed by atoms with Crippen molar-refractivity contribution in [2.45, 2.75) is 13.1 Å². The Balaban J connectivity index is 1.54. The van der Waals surface area contributed by atoms with Gasteiger partial charge < -0.3 is 14.6 Å². The summed E-state index contributed by atoms with van der Waals surface area (Å²) in [6, 6.07) is 7.93. The van der Waals surface area contributed by atoms with E-state index in [9.17, 15) is 9.18 Å². The van der Waals surface area contributed by atoms with E-state index in [1.165, 1.54) is 6.07 Å². The van der Waals surface area contributed by atoms with E-state index in [1.54, 1.807) is 24.3 Å². The first kappa shape index (κ1) is 15.6. The third-order valence-corrected chi connectivity index (χ3v) is 3.67. The van der Waals surface area contributed by atoms with Gasteiger partial charge in [0.15, 0.2) is 11.5 Å². The van der Waals surface area contributed by atoms with Crippen LogP contribution >= 0.6 is 0 Å². The number of nitrogens with one attached hydrogen (secondary N) is 1. The van der Waals surface area contributed by atoms with Crippen molar-refractivity contribution in [3.63, 3.8) is 0 Å². The second-order valence-corrected chi connectivity index (χ2v) is 5.34. The first-order valence-electron chi connectivity index (χ1n) is 7.49. The van der Waals surface area contributed by atoms with Gasteiger partial charge in [-0.1, -0.05) is 23.4 Å². The van der Waals surface area contributed by atoms with Crippen molar-refractivity contribution < 1.29 is 18.4 Å². The molecular formula is C16H18FN3O3. The number of amides is 1. The van der Waals surface area contributed by atoms with E-state index in [1.807, 2.05) is 0 Å². The van der Waals surface area contributed by atoms with Crippen molar-refractivity contribution in [3.8, 4) is 0 Å². The molecule has 2 heterocycles. The van der Waals surface area contributed by atoms with Crippen LogP contribution in [-0.2, 0) is 17.8 Å². The van der Waals surface area contributed by atoms with E-state index < -0.39 is 0 Å². The molecule has 3 rings (SSSR count). The molecule has 1 amide bonds. The zero-order valence-electron chi connectivity index (χ0n) is 12.6. The Hall–Kier alpha value is -2.25. The number of morpholine rings is 1. The normalized spacial score (nSPS) is 15.5. The molecule has 0 unspecified atom stereocenters. The largest absolute Gasteiger partial charge is 0.379 e. The Kier molecular flexibility index (Phi) is 4.99. The van der Waals surface area contributed by atoms with Crippen LogP contribution in [0.2, 0.25) is 0 Å². The fourth-order valence-corrected chi connectivity index (χ4v) is 2.38.